The molecule has 0 bridgehead atoms. The number of carbonyl (C=O) groups is 1. The maximum atomic E-state index is 12.3. The maximum absolute atomic E-state index is 12.3. The number of aromatic nitrogens is 2. The molecule has 0 aliphatic carbocycles. The highest BCUT2D eigenvalue weighted by Crippen LogP contribution is 2.14. The zero-order chi connectivity index (χ0) is 12.4. The molecule has 0 saturated heterocycles. The first-order chi connectivity index (χ1) is 8.13. The van der Waals surface area contributed by atoms with Crippen LogP contribution in [0.25, 0.3) is 11.0 Å². The molecule has 4 heteroatoms. The minimum Gasteiger partial charge on any atom is -0.345 e. The van der Waals surface area contributed by atoms with Gasteiger partial charge in [0.15, 0.2) is 0 Å². The molecule has 0 aliphatic heterocycles. The molecule has 0 atom stereocenters. The van der Waals surface area contributed by atoms with Gasteiger partial charge in [-0.2, -0.15) is 0 Å². The van der Waals surface area contributed by atoms with E-state index in [1.807, 2.05) is 43.9 Å². The molecule has 1 aromatic heterocycles. The van der Waals surface area contributed by atoms with Gasteiger partial charge in [-0.15, -0.1) is 0 Å². The topological polar surface area (TPSA) is 49.0 Å². The van der Waals surface area contributed by atoms with Crippen molar-refractivity contribution in [2.24, 2.45) is 0 Å². The van der Waals surface area contributed by atoms with E-state index in [2.05, 4.69) is 9.97 Å². The lowest BCUT2D eigenvalue weighted by molar-refractivity contribution is 0.0717. The fraction of sp³-hybridized carbons (Fsp3) is 0.385. The Hall–Kier alpha value is -1.84. The molecule has 1 amide bonds. The van der Waals surface area contributed by atoms with Crippen LogP contribution < -0.4 is 0 Å². The SMILES string of the molecule is CCN(C(=O)c1ccc2nc[nH]c2c1)C(C)C. The van der Waals surface area contributed by atoms with Crippen LogP contribution in [0.15, 0.2) is 24.5 Å². The Kier molecular flexibility index (Phi) is 3.13. The number of nitrogens with zero attached hydrogens (tertiary/aromatic N) is 2. The highest BCUT2D eigenvalue weighted by atomic mass is 16.2. The van der Waals surface area contributed by atoms with Gasteiger partial charge in [-0.3, -0.25) is 4.79 Å². The van der Waals surface area contributed by atoms with Crippen molar-refractivity contribution < 1.29 is 4.79 Å². The number of benzene rings is 1. The summed E-state index contributed by atoms with van der Waals surface area (Å²) in [4.78, 5) is 21.3. The van der Waals surface area contributed by atoms with Gasteiger partial charge in [-0.25, -0.2) is 4.98 Å². The third-order valence-electron chi connectivity index (χ3n) is 2.89. The van der Waals surface area contributed by atoms with Crippen molar-refractivity contribution in [2.75, 3.05) is 6.54 Å². The third-order valence-corrected chi connectivity index (χ3v) is 2.89. The van der Waals surface area contributed by atoms with E-state index >= 15 is 0 Å². The van der Waals surface area contributed by atoms with Crippen LogP contribution in [0.2, 0.25) is 0 Å². The summed E-state index contributed by atoms with van der Waals surface area (Å²) in [5.41, 5.74) is 2.49. The van der Waals surface area contributed by atoms with Gasteiger partial charge >= 0.3 is 0 Å². The van der Waals surface area contributed by atoms with Gasteiger partial charge in [-0.1, -0.05) is 0 Å². The summed E-state index contributed by atoms with van der Waals surface area (Å²) in [6.07, 6.45) is 1.64. The van der Waals surface area contributed by atoms with E-state index < -0.39 is 0 Å². The zero-order valence-electron chi connectivity index (χ0n) is 10.4. The highest BCUT2D eigenvalue weighted by molar-refractivity contribution is 5.97. The lowest BCUT2D eigenvalue weighted by Gasteiger charge is -2.25. The van der Waals surface area contributed by atoms with Crippen molar-refractivity contribution in [2.45, 2.75) is 26.8 Å². The molecule has 0 fully saturated rings. The minimum absolute atomic E-state index is 0.0685. The van der Waals surface area contributed by atoms with E-state index in [9.17, 15) is 4.79 Å². The monoisotopic (exact) mass is 231 g/mol. The van der Waals surface area contributed by atoms with Gasteiger partial charge < -0.3 is 9.88 Å². The van der Waals surface area contributed by atoms with Crippen LogP contribution in [0.4, 0.5) is 0 Å². The Balaban J connectivity index is 2.35. The number of hydrogen-bond acceptors (Lipinski definition) is 2. The fourth-order valence-electron chi connectivity index (χ4n) is 1.98. The zero-order valence-corrected chi connectivity index (χ0v) is 10.4. The van der Waals surface area contributed by atoms with Crippen molar-refractivity contribution in [1.29, 1.82) is 0 Å². The molecule has 0 aliphatic rings. The normalized spacial score (nSPS) is 11.1. The second-order valence-corrected chi connectivity index (χ2v) is 4.32. The Morgan fingerprint density at radius 3 is 2.88 bits per heavy atom. The van der Waals surface area contributed by atoms with Gasteiger partial charge in [0.05, 0.1) is 17.4 Å². The average molecular weight is 231 g/mol. The van der Waals surface area contributed by atoms with E-state index in [4.69, 9.17) is 0 Å². The first-order valence-corrected chi connectivity index (χ1v) is 5.87. The van der Waals surface area contributed by atoms with Crippen LogP contribution >= 0.6 is 0 Å². The summed E-state index contributed by atoms with van der Waals surface area (Å²) in [5.74, 6) is 0.0685. The Bertz CT molecular complexity index is 530. The van der Waals surface area contributed by atoms with E-state index in [1.54, 1.807) is 6.33 Å². The summed E-state index contributed by atoms with van der Waals surface area (Å²) in [6.45, 7) is 6.76. The van der Waals surface area contributed by atoms with Crippen molar-refractivity contribution in [1.82, 2.24) is 14.9 Å². The van der Waals surface area contributed by atoms with Crippen molar-refractivity contribution in [3.8, 4) is 0 Å². The van der Waals surface area contributed by atoms with Crippen molar-refractivity contribution in [3.63, 3.8) is 0 Å². The second-order valence-electron chi connectivity index (χ2n) is 4.32. The molecule has 4 nitrogen and oxygen atoms in total. The minimum atomic E-state index is 0.0685. The smallest absolute Gasteiger partial charge is 0.254 e. The van der Waals surface area contributed by atoms with Crippen LogP contribution in [-0.4, -0.2) is 33.4 Å². The molecule has 2 aromatic rings. The van der Waals surface area contributed by atoms with Crippen LogP contribution in [0, 0.1) is 0 Å². The summed E-state index contributed by atoms with van der Waals surface area (Å²) in [7, 11) is 0. The van der Waals surface area contributed by atoms with E-state index in [0.717, 1.165) is 17.6 Å². The molecule has 0 radical (unpaired) electrons. The van der Waals surface area contributed by atoms with Crippen LogP contribution in [0.3, 0.4) is 0 Å². The number of carbonyl (C=O) groups excluding carboxylic acids is 1. The molecule has 0 spiro atoms. The summed E-state index contributed by atoms with van der Waals surface area (Å²) < 4.78 is 0. The largest absolute Gasteiger partial charge is 0.345 e. The Morgan fingerprint density at radius 1 is 1.47 bits per heavy atom. The number of rotatable bonds is 3. The van der Waals surface area contributed by atoms with Crippen LogP contribution in [0.5, 0.6) is 0 Å². The average Bonchev–Trinajstić information content (AvgIpc) is 2.75. The first-order valence-electron chi connectivity index (χ1n) is 5.87. The van der Waals surface area contributed by atoms with E-state index in [1.165, 1.54) is 0 Å². The molecule has 2 rings (SSSR count). The van der Waals surface area contributed by atoms with Gasteiger partial charge in [0.25, 0.3) is 5.91 Å². The van der Waals surface area contributed by atoms with Gasteiger partial charge in [-0.05, 0) is 39.0 Å². The van der Waals surface area contributed by atoms with Gasteiger partial charge in [0.2, 0.25) is 0 Å². The lowest BCUT2D eigenvalue weighted by atomic mass is 10.1. The van der Waals surface area contributed by atoms with E-state index in [-0.39, 0.29) is 11.9 Å². The number of fused-ring (bicyclic) bond motifs is 1. The molecule has 17 heavy (non-hydrogen) atoms. The quantitative estimate of drug-likeness (QED) is 0.882. The summed E-state index contributed by atoms with van der Waals surface area (Å²) in [6, 6.07) is 5.77. The molecule has 1 aromatic carbocycles. The first kappa shape index (κ1) is 11.6. The highest BCUT2D eigenvalue weighted by Gasteiger charge is 2.17. The number of aromatic amines is 1. The predicted molar refractivity (Wildman–Crippen MR) is 67.9 cm³/mol. The fourth-order valence-corrected chi connectivity index (χ4v) is 1.98. The second kappa shape index (κ2) is 4.57. The van der Waals surface area contributed by atoms with Crippen LogP contribution in [0.1, 0.15) is 31.1 Å². The molecule has 0 unspecified atom stereocenters. The Labute approximate surface area is 101 Å². The van der Waals surface area contributed by atoms with Gasteiger partial charge in [0.1, 0.15) is 0 Å². The van der Waals surface area contributed by atoms with E-state index in [0.29, 0.717) is 5.56 Å². The number of H-pyrrole nitrogens is 1. The maximum Gasteiger partial charge on any atom is 0.254 e. The molecular formula is C13H17N3O. The van der Waals surface area contributed by atoms with Gasteiger partial charge in [0, 0.05) is 18.2 Å². The van der Waals surface area contributed by atoms with Crippen molar-refractivity contribution in [3.05, 3.63) is 30.1 Å². The number of nitrogens with one attached hydrogen (secondary N) is 1. The number of hydrogen-bond donors (Lipinski definition) is 1. The predicted octanol–water partition coefficient (Wildman–Crippen LogP) is 2.43. The summed E-state index contributed by atoms with van der Waals surface area (Å²) >= 11 is 0. The molecule has 90 valence electrons. The van der Waals surface area contributed by atoms with Crippen LogP contribution in [-0.2, 0) is 0 Å². The molecule has 1 heterocycles. The lowest BCUT2D eigenvalue weighted by Crippen LogP contribution is -2.36. The van der Waals surface area contributed by atoms with Crippen molar-refractivity contribution >= 4 is 16.9 Å². The Morgan fingerprint density at radius 2 is 2.24 bits per heavy atom. The standard InChI is InChI=1S/C13H17N3O/c1-4-16(9(2)3)13(17)10-5-6-11-12(7-10)15-8-14-11/h5-9H,4H2,1-3H3,(H,14,15). The number of amides is 1. The molecule has 1 N–H and O–H groups in total. The third kappa shape index (κ3) is 2.16. The summed E-state index contributed by atoms with van der Waals surface area (Å²) in [5, 5.41) is 0. The molecular weight excluding hydrogens is 214 g/mol. The number of imidazole rings is 1. The molecule has 0 saturated carbocycles.